The Morgan fingerprint density at radius 3 is 2.77 bits per heavy atom. The lowest BCUT2D eigenvalue weighted by Gasteiger charge is -2.27. The van der Waals surface area contributed by atoms with Gasteiger partial charge in [0.2, 0.25) is 0 Å². The van der Waals surface area contributed by atoms with Crippen molar-refractivity contribution in [3.8, 4) is 0 Å². The van der Waals surface area contributed by atoms with Gasteiger partial charge >= 0.3 is 0 Å². The second-order valence-electron chi connectivity index (χ2n) is 7.87. The van der Waals surface area contributed by atoms with Gasteiger partial charge in [0.15, 0.2) is 5.82 Å². The predicted molar refractivity (Wildman–Crippen MR) is 99.5 cm³/mol. The molecule has 3 heterocycles. The summed E-state index contributed by atoms with van der Waals surface area (Å²) in [4.78, 5) is 24.2. The fourth-order valence-corrected chi connectivity index (χ4v) is 4.44. The van der Waals surface area contributed by atoms with Gasteiger partial charge in [-0.2, -0.15) is 5.10 Å². The Morgan fingerprint density at radius 2 is 1.88 bits per heavy atom. The minimum absolute atomic E-state index is 0.0408. The molecule has 0 radical (unpaired) electrons. The van der Waals surface area contributed by atoms with Crippen molar-refractivity contribution >= 4 is 5.82 Å². The zero-order valence-electron chi connectivity index (χ0n) is 15.1. The number of fused-ring (bicyclic) bond motifs is 1. The fourth-order valence-electron chi connectivity index (χ4n) is 4.44. The first-order valence-corrected chi connectivity index (χ1v) is 9.97. The van der Waals surface area contributed by atoms with E-state index in [9.17, 15) is 4.79 Å². The van der Waals surface area contributed by atoms with Gasteiger partial charge in [-0.15, -0.1) is 0 Å². The Hall–Kier alpha value is -2.24. The number of nitrogens with zero attached hydrogens (tertiary/aromatic N) is 5. The third-order valence-electron chi connectivity index (χ3n) is 5.98. The summed E-state index contributed by atoms with van der Waals surface area (Å²) < 4.78 is 1.69. The number of hydrogen-bond donors (Lipinski definition) is 0. The van der Waals surface area contributed by atoms with Gasteiger partial charge in [-0.25, -0.2) is 9.67 Å². The van der Waals surface area contributed by atoms with Crippen molar-refractivity contribution in [1.82, 2.24) is 19.7 Å². The van der Waals surface area contributed by atoms with Crippen molar-refractivity contribution in [3.05, 3.63) is 45.8 Å². The molecular weight excluding hydrogens is 326 g/mol. The number of anilines is 1. The molecule has 2 aromatic heterocycles. The van der Waals surface area contributed by atoms with Crippen LogP contribution in [0.1, 0.15) is 61.4 Å². The van der Waals surface area contributed by atoms with Crippen LogP contribution in [0.25, 0.3) is 0 Å². The molecule has 1 aliphatic heterocycles. The minimum atomic E-state index is 0.0408. The maximum absolute atomic E-state index is 12.6. The second kappa shape index (κ2) is 6.49. The first-order chi connectivity index (χ1) is 12.8. The molecule has 5 rings (SSSR count). The van der Waals surface area contributed by atoms with Crippen LogP contribution in [0.5, 0.6) is 0 Å². The van der Waals surface area contributed by atoms with Crippen LogP contribution in [0.15, 0.2) is 23.3 Å². The summed E-state index contributed by atoms with van der Waals surface area (Å²) in [5, 5.41) is 4.72. The van der Waals surface area contributed by atoms with E-state index in [4.69, 9.17) is 5.10 Å². The molecule has 2 aromatic rings. The van der Waals surface area contributed by atoms with Crippen molar-refractivity contribution < 1.29 is 0 Å². The molecule has 1 unspecified atom stereocenters. The molecule has 6 heteroatoms. The smallest absolute Gasteiger partial charge is 0.267 e. The van der Waals surface area contributed by atoms with Gasteiger partial charge in [-0.3, -0.25) is 9.78 Å². The van der Waals surface area contributed by atoms with E-state index in [-0.39, 0.29) is 11.6 Å². The summed E-state index contributed by atoms with van der Waals surface area (Å²) in [5.74, 6) is 1.60. The highest BCUT2D eigenvalue weighted by Gasteiger charge is 2.34. The molecule has 136 valence electrons. The van der Waals surface area contributed by atoms with Gasteiger partial charge < -0.3 is 4.90 Å². The highest BCUT2D eigenvalue weighted by Crippen LogP contribution is 2.43. The van der Waals surface area contributed by atoms with Crippen LogP contribution in [-0.4, -0.2) is 32.3 Å². The molecule has 0 spiro atoms. The average Bonchev–Trinajstić information content (AvgIpc) is 3.41. The molecule has 2 aliphatic carbocycles. The van der Waals surface area contributed by atoms with E-state index in [1.165, 1.54) is 25.7 Å². The Bertz CT molecular complexity index is 873. The van der Waals surface area contributed by atoms with Crippen molar-refractivity contribution in [1.29, 1.82) is 0 Å². The summed E-state index contributed by atoms with van der Waals surface area (Å²) in [6.07, 6.45) is 12.6. The van der Waals surface area contributed by atoms with E-state index in [0.717, 1.165) is 55.0 Å². The largest absolute Gasteiger partial charge is 0.350 e. The minimum Gasteiger partial charge on any atom is -0.350 e. The van der Waals surface area contributed by atoms with Crippen LogP contribution in [-0.2, 0) is 19.4 Å². The standard InChI is InChI=1S/C20H25N5O/c26-18-12-15-4-1-2-6-17(15)23-25(18)13-16-5-3-11-24(16)20-19(14-7-8-14)21-9-10-22-20/h9-10,12,14,16H,1-8,11,13H2. The lowest BCUT2D eigenvalue weighted by Crippen LogP contribution is -2.38. The van der Waals surface area contributed by atoms with E-state index in [1.807, 2.05) is 6.07 Å². The van der Waals surface area contributed by atoms with E-state index in [1.54, 1.807) is 17.1 Å². The van der Waals surface area contributed by atoms with Gasteiger partial charge in [-0.05, 0) is 56.9 Å². The van der Waals surface area contributed by atoms with Crippen LogP contribution in [0.3, 0.4) is 0 Å². The molecule has 26 heavy (non-hydrogen) atoms. The van der Waals surface area contributed by atoms with Crippen molar-refractivity contribution in [3.63, 3.8) is 0 Å². The number of hydrogen-bond acceptors (Lipinski definition) is 5. The van der Waals surface area contributed by atoms with Crippen molar-refractivity contribution in [2.75, 3.05) is 11.4 Å². The Balaban J connectivity index is 1.43. The molecule has 1 saturated carbocycles. The molecule has 3 aliphatic rings. The molecule has 0 amide bonds. The predicted octanol–water partition coefficient (Wildman–Crippen LogP) is 2.46. The highest BCUT2D eigenvalue weighted by atomic mass is 16.1. The average molecular weight is 351 g/mol. The van der Waals surface area contributed by atoms with Gasteiger partial charge in [0.25, 0.3) is 5.56 Å². The monoisotopic (exact) mass is 351 g/mol. The van der Waals surface area contributed by atoms with E-state index in [2.05, 4.69) is 14.9 Å². The van der Waals surface area contributed by atoms with Crippen LogP contribution in [0.2, 0.25) is 0 Å². The molecule has 1 saturated heterocycles. The van der Waals surface area contributed by atoms with Gasteiger partial charge in [0.1, 0.15) is 0 Å². The third kappa shape index (κ3) is 2.91. The summed E-state index contributed by atoms with van der Waals surface area (Å²) >= 11 is 0. The van der Waals surface area contributed by atoms with Crippen molar-refractivity contribution in [2.45, 2.75) is 69.9 Å². The molecular formula is C20H25N5O. The molecule has 0 aromatic carbocycles. The van der Waals surface area contributed by atoms with E-state index in [0.29, 0.717) is 12.5 Å². The maximum Gasteiger partial charge on any atom is 0.267 e. The van der Waals surface area contributed by atoms with Gasteiger partial charge in [0, 0.05) is 30.9 Å². The molecule has 6 nitrogen and oxygen atoms in total. The fraction of sp³-hybridized carbons (Fsp3) is 0.600. The topological polar surface area (TPSA) is 63.9 Å². The number of rotatable bonds is 4. The summed E-state index contributed by atoms with van der Waals surface area (Å²) in [5.41, 5.74) is 3.47. The number of aryl methyl sites for hydroxylation is 2. The molecule has 2 fully saturated rings. The Kier molecular flexibility index (Phi) is 3.98. The zero-order valence-corrected chi connectivity index (χ0v) is 15.1. The lowest BCUT2D eigenvalue weighted by atomic mass is 9.97. The maximum atomic E-state index is 12.6. The van der Waals surface area contributed by atoms with E-state index >= 15 is 0 Å². The highest BCUT2D eigenvalue weighted by molar-refractivity contribution is 5.48. The normalized spacial score (nSPS) is 22.5. The van der Waals surface area contributed by atoms with Crippen LogP contribution >= 0.6 is 0 Å². The molecule has 0 bridgehead atoms. The third-order valence-corrected chi connectivity index (χ3v) is 5.98. The van der Waals surface area contributed by atoms with Crippen LogP contribution in [0, 0.1) is 0 Å². The van der Waals surface area contributed by atoms with Gasteiger partial charge in [-0.1, -0.05) is 0 Å². The first kappa shape index (κ1) is 16.0. The quantitative estimate of drug-likeness (QED) is 0.847. The summed E-state index contributed by atoms with van der Waals surface area (Å²) in [6.45, 7) is 1.63. The Morgan fingerprint density at radius 1 is 1.04 bits per heavy atom. The van der Waals surface area contributed by atoms with Gasteiger partial charge in [0.05, 0.1) is 24.0 Å². The molecule has 1 atom stereocenters. The second-order valence-corrected chi connectivity index (χ2v) is 7.87. The van der Waals surface area contributed by atoms with Crippen LogP contribution in [0.4, 0.5) is 5.82 Å². The zero-order chi connectivity index (χ0) is 17.5. The SMILES string of the molecule is O=c1cc2c(nn1CC1CCCN1c1nccnc1C1CC1)CCCC2. The van der Waals surface area contributed by atoms with Crippen LogP contribution < -0.4 is 10.5 Å². The summed E-state index contributed by atoms with van der Waals surface area (Å²) in [7, 11) is 0. The Labute approximate surface area is 153 Å². The molecule has 0 N–H and O–H groups in total. The lowest BCUT2D eigenvalue weighted by molar-refractivity contribution is 0.471. The first-order valence-electron chi connectivity index (χ1n) is 9.97. The van der Waals surface area contributed by atoms with E-state index < -0.39 is 0 Å². The van der Waals surface area contributed by atoms with Crippen molar-refractivity contribution in [2.24, 2.45) is 0 Å². The summed E-state index contributed by atoms with van der Waals surface area (Å²) in [6, 6.07) is 2.09. The number of aromatic nitrogens is 4.